The predicted molar refractivity (Wildman–Crippen MR) is 110 cm³/mol. The molecule has 158 valence electrons. The first-order chi connectivity index (χ1) is 14.0. The first-order valence-corrected chi connectivity index (χ1v) is 11.7. The SMILES string of the molecule is CCOP(=O)(COC1C=CC(n2cnc3c(NC4CC4)nc(N)nc32)C1)OCC. The molecule has 1 saturated carbocycles. The molecule has 3 N–H and O–H groups in total. The summed E-state index contributed by atoms with van der Waals surface area (Å²) in [7, 11) is -3.23. The van der Waals surface area contributed by atoms with Crippen LogP contribution in [0.3, 0.4) is 0 Å². The van der Waals surface area contributed by atoms with Gasteiger partial charge in [0.15, 0.2) is 17.0 Å². The molecule has 2 aliphatic rings. The highest BCUT2D eigenvalue weighted by molar-refractivity contribution is 7.53. The number of hydrogen-bond acceptors (Lipinski definition) is 9. The topological polar surface area (TPSA) is 126 Å². The Bertz CT molecular complexity index is 934. The van der Waals surface area contributed by atoms with E-state index >= 15 is 0 Å². The van der Waals surface area contributed by atoms with Gasteiger partial charge in [-0.05, 0) is 26.7 Å². The van der Waals surface area contributed by atoms with Crippen LogP contribution in [0.15, 0.2) is 18.5 Å². The summed E-state index contributed by atoms with van der Waals surface area (Å²) in [6.07, 6.45) is 8.38. The van der Waals surface area contributed by atoms with E-state index in [1.54, 1.807) is 20.2 Å². The zero-order valence-electron chi connectivity index (χ0n) is 16.7. The van der Waals surface area contributed by atoms with Gasteiger partial charge in [0.2, 0.25) is 5.95 Å². The van der Waals surface area contributed by atoms with Gasteiger partial charge in [-0.25, -0.2) is 4.98 Å². The molecular weight excluding hydrogens is 395 g/mol. The van der Waals surface area contributed by atoms with Crippen LogP contribution in [0.1, 0.15) is 39.2 Å². The minimum Gasteiger partial charge on any atom is -0.368 e. The molecule has 0 radical (unpaired) electrons. The number of ether oxygens (including phenoxy) is 1. The van der Waals surface area contributed by atoms with Crippen LogP contribution >= 0.6 is 7.60 Å². The molecule has 0 aliphatic heterocycles. The third-order valence-electron chi connectivity index (χ3n) is 4.83. The van der Waals surface area contributed by atoms with Gasteiger partial charge in [0.05, 0.1) is 31.7 Å². The molecule has 29 heavy (non-hydrogen) atoms. The summed E-state index contributed by atoms with van der Waals surface area (Å²) in [5, 5.41) is 3.36. The summed E-state index contributed by atoms with van der Waals surface area (Å²) in [4.78, 5) is 13.2. The number of rotatable bonds is 10. The van der Waals surface area contributed by atoms with Crippen molar-refractivity contribution in [2.45, 2.75) is 51.3 Å². The molecular formula is C18H27N6O4P. The molecule has 0 amide bonds. The Hall–Kier alpha value is -2.00. The molecule has 1 fully saturated rings. The fourth-order valence-electron chi connectivity index (χ4n) is 3.37. The van der Waals surface area contributed by atoms with E-state index in [0.29, 0.717) is 42.7 Å². The summed E-state index contributed by atoms with van der Waals surface area (Å²) in [6.45, 7) is 4.18. The van der Waals surface area contributed by atoms with Crippen LogP contribution in [0.5, 0.6) is 0 Å². The summed E-state index contributed by atoms with van der Waals surface area (Å²) in [5.74, 6) is 0.893. The molecule has 2 atom stereocenters. The first-order valence-electron chi connectivity index (χ1n) is 9.96. The summed E-state index contributed by atoms with van der Waals surface area (Å²) >= 11 is 0. The quantitative estimate of drug-likeness (QED) is 0.439. The fourth-order valence-corrected chi connectivity index (χ4v) is 4.75. The number of nitrogens with zero attached hydrogens (tertiary/aromatic N) is 4. The van der Waals surface area contributed by atoms with Crippen molar-refractivity contribution in [1.29, 1.82) is 0 Å². The Labute approximate surface area is 169 Å². The molecule has 10 nitrogen and oxygen atoms in total. The number of aromatic nitrogens is 4. The molecule has 0 spiro atoms. The monoisotopic (exact) mass is 422 g/mol. The van der Waals surface area contributed by atoms with Gasteiger partial charge in [0, 0.05) is 12.5 Å². The van der Waals surface area contributed by atoms with E-state index in [4.69, 9.17) is 19.5 Å². The largest absolute Gasteiger partial charge is 0.368 e. The van der Waals surface area contributed by atoms with Crippen molar-refractivity contribution < 1.29 is 18.3 Å². The molecule has 4 rings (SSSR count). The van der Waals surface area contributed by atoms with Crippen LogP contribution in [0.2, 0.25) is 0 Å². The van der Waals surface area contributed by atoms with Crippen molar-refractivity contribution in [3.05, 3.63) is 18.5 Å². The average Bonchev–Trinajstić information content (AvgIpc) is 3.20. The maximum atomic E-state index is 12.6. The highest BCUT2D eigenvalue weighted by Gasteiger charge is 2.29. The number of fused-ring (bicyclic) bond motifs is 1. The van der Waals surface area contributed by atoms with Crippen molar-refractivity contribution in [2.24, 2.45) is 0 Å². The maximum Gasteiger partial charge on any atom is 0.356 e. The van der Waals surface area contributed by atoms with Crippen LogP contribution in [-0.4, -0.2) is 51.2 Å². The molecule has 2 aliphatic carbocycles. The Balaban J connectivity index is 1.45. The Morgan fingerprint density at radius 3 is 2.69 bits per heavy atom. The predicted octanol–water partition coefficient (Wildman–Crippen LogP) is 3.09. The lowest BCUT2D eigenvalue weighted by Crippen LogP contribution is -2.14. The Morgan fingerprint density at radius 1 is 1.24 bits per heavy atom. The first kappa shape index (κ1) is 20.3. The number of nitrogens with one attached hydrogen (secondary N) is 1. The highest BCUT2D eigenvalue weighted by Crippen LogP contribution is 2.48. The Morgan fingerprint density at radius 2 is 2.00 bits per heavy atom. The number of hydrogen-bond donors (Lipinski definition) is 2. The number of nitrogen functional groups attached to an aromatic ring is 1. The van der Waals surface area contributed by atoms with Gasteiger partial charge in [0.1, 0.15) is 6.35 Å². The number of nitrogens with two attached hydrogens (primary N) is 1. The van der Waals surface area contributed by atoms with Crippen LogP contribution < -0.4 is 11.1 Å². The lowest BCUT2D eigenvalue weighted by Gasteiger charge is -2.20. The number of allylic oxidation sites excluding steroid dienone is 1. The molecule has 0 bridgehead atoms. The van der Waals surface area contributed by atoms with E-state index in [2.05, 4.69) is 20.3 Å². The van der Waals surface area contributed by atoms with Crippen LogP contribution in [-0.2, 0) is 18.3 Å². The lowest BCUT2D eigenvalue weighted by molar-refractivity contribution is 0.0898. The second kappa shape index (κ2) is 8.39. The van der Waals surface area contributed by atoms with Crippen molar-refractivity contribution in [1.82, 2.24) is 19.5 Å². The third-order valence-corrected chi connectivity index (χ3v) is 6.60. The molecule has 2 aromatic heterocycles. The number of anilines is 2. The summed E-state index contributed by atoms with van der Waals surface area (Å²) in [6, 6.07) is 0.444. The maximum absolute atomic E-state index is 12.6. The second-order valence-corrected chi connectivity index (χ2v) is 9.14. The molecule has 2 heterocycles. The van der Waals surface area contributed by atoms with E-state index < -0.39 is 7.60 Å². The van der Waals surface area contributed by atoms with Crippen molar-refractivity contribution in [3.63, 3.8) is 0 Å². The van der Waals surface area contributed by atoms with E-state index in [1.165, 1.54) is 0 Å². The normalized spacial score (nSPS) is 21.9. The van der Waals surface area contributed by atoms with Crippen molar-refractivity contribution in [3.8, 4) is 0 Å². The third kappa shape index (κ3) is 4.61. The minimum atomic E-state index is -3.23. The molecule has 11 heteroatoms. The van der Waals surface area contributed by atoms with Gasteiger partial charge in [-0.1, -0.05) is 12.2 Å². The van der Waals surface area contributed by atoms with Gasteiger partial charge < -0.3 is 29.4 Å². The van der Waals surface area contributed by atoms with E-state index in [0.717, 1.165) is 12.8 Å². The summed E-state index contributed by atoms with van der Waals surface area (Å²) in [5.41, 5.74) is 7.32. The van der Waals surface area contributed by atoms with E-state index in [-0.39, 0.29) is 24.4 Å². The fraction of sp³-hybridized carbons (Fsp3) is 0.611. The zero-order valence-corrected chi connectivity index (χ0v) is 17.5. The van der Waals surface area contributed by atoms with Crippen molar-refractivity contribution in [2.75, 3.05) is 30.6 Å². The van der Waals surface area contributed by atoms with Gasteiger partial charge in [-0.2, -0.15) is 9.97 Å². The smallest absolute Gasteiger partial charge is 0.356 e. The van der Waals surface area contributed by atoms with Crippen LogP contribution in [0.25, 0.3) is 11.2 Å². The van der Waals surface area contributed by atoms with E-state index in [1.807, 2.05) is 16.7 Å². The molecule has 0 aromatic carbocycles. The zero-order chi connectivity index (χ0) is 20.4. The minimum absolute atomic E-state index is 0.00615. The standard InChI is InChI=1S/C18H27N6O4P/c1-3-27-29(25,28-4-2)11-26-14-8-7-13(9-14)24-10-20-15-16(21-12-5-6-12)22-18(19)23-17(15)24/h7-8,10,12-14H,3-6,9,11H2,1-2H3,(H3,19,21,22,23). The van der Waals surface area contributed by atoms with Crippen LogP contribution in [0, 0.1) is 0 Å². The summed E-state index contributed by atoms with van der Waals surface area (Å²) < 4.78 is 30.9. The molecule has 0 saturated heterocycles. The molecule has 2 aromatic rings. The lowest BCUT2D eigenvalue weighted by atomic mass is 10.2. The van der Waals surface area contributed by atoms with E-state index in [9.17, 15) is 4.57 Å². The second-order valence-electron chi connectivity index (χ2n) is 7.14. The average molecular weight is 422 g/mol. The van der Waals surface area contributed by atoms with Crippen LogP contribution in [0.4, 0.5) is 11.8 Å². The van der Waals surface area contributed by atoms with Gasteiger partial charge in [-0.3, -0.25) is 4.57 Å². The van der Waals surface area contributed by atoms with Crippen molar-refractivity contribution >= 4 is 30.5 Å². The molecule has 2 unspecified atom stereocenters. The van der Waals surface area contributed by atoms with Gasteiger partial charge in [0.25, 0.3) is 0 Å². The van der Waals surface area contributed by atoms with Gasteiger partial charge >= 0.3 is 7.60 Å². The Kier molecular flexibility index (Phi) is 5.87. The number of imidazole rings is 1. The van der Waals surface area contributed by atoms with Gasteiger partial charge in [-0.15, -0.1) is 0 Å². The highest BCUT2D eigenvalue weighted by atomic mass is 31.2.